The van der Waals surface area contributed by atoms with Gasteiger partial charge in [0.2, 0.25) is 5.91 Å². The van der Waals surface area contributed by atoms with E-state index in [0.29, 0.717) is 18.4 Å². The average molecular weight is 470 g/mol. The second-order valence-electron chi connectivity index (χ2n) is 10.3. The Morgan fingerprint density at radius 2 is 1.76 bits per heavy atom. The van der Waals surface area contributed by atoms with Gasteiger partial charge in [-0.15, -0.1) is 11.3 Å². The molecule has 7 rings (SSSR count). The maximum absolute atomic E-state index is 13.3. The molecule has 2 aliphatic heterocycles. The van der Waals surface area contributed by atoms with Crippen molar-refractivity contribution in [1.29, 1.82) is 0 Å². The number of carbonyl (C=O) groups is 2. The van der Waals surface area contributed by atoms with E-state index in [4.69, 9.17) is 4.99 Å². The van der Waals surface area contributed by atoms with Crippen molar-refractivity contribution in [2.24, 2.45) is 16.8 Å². The molecular weight excluding hydrogens is 442 g/mol. The smallest absolute Gasteiger partial charge is 0.256 e. The second kappa shape index (κ2) is 7.51. The maximum atomic E-state index is 13.3. The Balaban J connectivity index is 1.12. The summed E-state index contributed by atoms with van der Waals surface area (Å²) in [5.41, 5.74) is 2.85. The summed E-state index contributed by atoms with van der Waals surface area (Å²) >= 11 is 1.76. The van der Waals surface area contributed by atoms with Gasteiger partial charge in [-0.1, -0.05) is 30.3 Å². The number of amidine groups is 1. The molecule has 2 amide bonds. The molecule has 0 bridgehead atoms. The predicted molar refractivity (Wildman–Crippen MR) is 135 cm³/mol. The van der Waals surface area contributed by atoms with Crippen LogP contribution in [0.4, 0.5) is 0 Å². The van der Waals surface area contributed by atoms with E-state index in [1.165, 1.54) is 21.2 Å². The number of hydrogen-bond donors (Lipinski definition) is 0. The van der Waals surface area contributed by atoms with Gasteiger partial charge in [0, 0.05) is 35.8 Å². The summed E-state index contributed by atoms with van der Waals surface area (Å²) in [5, 5.41) is 3.39. The van der Waals surface area contributed by atoms with Crippen molar-refractivity contribution in [3.05, 3.63) is 59.5 Å². The van der Waals surface area contributed by atoms with Gasteiger partial charge in [-0.25, -0.2) is 0 Å². The van der Waals surface area contributed by atoms with Gasteiger partial charge in [-0.05, 0) is 78.1 Å². The molecule has 172 valence electrons. The third-order valence-corrected chi connectivity index (χ3v) is 8.73. The molecule has 5 nitrogen and oxygen atoms in total. The number of likely N-dealkylation sites (tertiary alicyclic amines) is 1. The molecule has 0 N–H and O–H groups in total. The molecule has 0 radical (unpaired) electrons. The zero-order valence-electron chi connectivity index (χ0n) is 19.1. The Hall–Kier alpha value is -2.99. The van der Waals surface area contributed by atoms with Crippen molar-refractivity contribution in [2.75, 3.05) is 19.6 Å². The summed E-state index contributed by atoms with van der Waals surface area (Å²) in [6.07, 6.45) is 4.75. The third-order valence-electron chi connectivity index (χ3n) is 7.84. The lowest BCUT2D eigenvalue weighted by atomic mass is 10.0. The lowest BCUT2D eigenvalue weighted by Crippen LogP contribution is -2.40. The number of amides is 2. The number of aliphatic imine (C=N–C) groups is 1. The largest absolute Gasteiger partial charge is 0.342 e. The summed E-state index contributed by atoms with van der Waals surface area (Å²) in [6, 6.07) is 17.2. The van der Waals surface area contributed by atoms with Gasteiger partial charge >= 0.3 is 0 Å². The van der Waals surface area contributed by atoms with Crippen LogP contribution >= 0.6 is 11.3 Å². The maximum Gasteiger partial charge on any atom is 0.256 e. The number of nitrogens with zero attached hydrogens (tertiary/aromatic N) is 3. The van der Waals surface area contributed by atoms with Crippen LogP contribution in [-0.4, -0.2) is 52.6 Å². The van der Waals surface area contributed by atoms with E-state index in [9.17, 15) is 9.59 Å². The van der Waals surface area contributed by atoms with Crippen LogP contribution in [0.25, 0.3) is 21.2 Å². The highest BCUT2D eigenvalue weighted by atomic mass is 32.1. The highest BCUT2D eigenvalue weighted by molar-refractivity contribution is 7.17. The highest BCUT2D eigenvalue weighted by Gasteiger charge is 2.57. The molecule has 6 heteroatoms. The molecule has 1 atom stereocenters. The fourth-order valence-electron chi connectivity index (χ4n) is 5.48. The van der Waals surface area contributed by atoms with Gasteiger partial charge in [-0.3, -0.25) is 19.5 Å². The Kier molecular flexibility index (Phi) is 4.50. The standard InChI is InChI=1S/C28H27N3O2S/c32-26(21-5-6-21)30-13-9-18(16-30)17-31-25(29-28(11-12-28)27(31)33)20-3-1-19(2-4-20)22-7-8-24-23(15-22)10-14-34-24/h1-4,7-8,10,14-15,18,21H,5-6,9,11-13,16-17H2. The quantitative estimate of drug-likeness (QED) is 0.531. The molecular formula is C28H27N3O2S. The fourth-order valence-corrected chi connectivity index (χ4v) is 6.25. The van der Waals surface area contributed by atoms with Gasteiger partial charge in [-0.2, -0.15) is 0 Å². The van der Waals surface area contributed by atoms with Gasteiger partial charge in [0.1, 0.15) is 11.4 Å². The summed E-state index contributed by atoms with van der Waals surface area (Å²) in [7, 11) is 0. The first-order valence-electron chi connectivity index (χ1n) is 12.4. The predicted octanol–water partition coefficient (Wildman–Crippen LogP) is 4.95. The summed E-state index contributed by atoms with van der Waals surface area (Å²) in [4.78, 5) is 34.7. The topological polar surface area (TPSA) is 53.0 Å². The van der Waals surface area contributed by atoms with Gasteiger partial charge in [0.25, 0.3) is 5.91 Å². The first kappa shape index (κ1) is 20.4. The molecule has 1 unspecified atom stereocenters. The summed E-state index contributed by atoms with van der Waals surface area (Å²) < 4.78 is 1.30. The zero-order chi connectivity index (χ0) is 22.9. The van der Waals surface area contributed by atoms with E-state index >= 15 is 0 Å². The lowest BCUT2D eigenvalue weighted by molar-refractivity contribution is -0.131. The van der Waals surface area contributed by atoms with Crippen LogP contribution in [0.5, 0.6) is 0 Å². The molecule has 3 aromatic rings. The van der Waals surface area contributed by atoms with E-state index in [-0.39, 0.29) is 11.8 Å². The molecule has 4 aliphatic rings. The molecule has 3 heterocycles. The second-order valence-corrected chi connectivity index (χ2v) is 11.3. The van der Waals surface area contributed by atoms with Crippen LogP contribution in [0.3, 0.4) is 0 Å². The summed E-state index contributed by atoms with van der Waals surface area (Å²) in [6.45, 7) is 2.25. The van der Waals surface area contributed by atoms with E-state index in [1.807, 2.05) is 9.80 Å². The average Bonchev–Trinajstić information content (AvgIpc) is 3.74. The van der Waals surface area contributed by atoms with Crippen LogP contribution in [0.2, 0.25) is 0 Å². The van der Waals surface area contributed by atoms with Crippen LogP contribution in [0.1, 0.15) is 37.7 Å². The lowest BCUT2D eigenvalue weighted by Gasteiger charge is -2.23. The molecule has 1 saturated heterocycles. The minimum Gasteiger partial charge on any atom is -0.342 e. The molecule has 2 aromatic carbocycles. The van der Waals surface area contributed by atoms with Crippen molar-refractivity contribution < 1.29 is 9.59 Å². The highest BCUT2D eigenvalue weighted by Crippen LogP contribution is 2.46. The van der Waals surface area contributed by atoms with Crippen molar-refractivity contribution in [2.45, 2.75) is 37.6 Å². The van der Waals surface area contributed by atoms with E-state index < -0.39 is 5.54 Å². The first-order valence-corrected chi connectivity index (χ1v) is 13.3. The van der Waals surface area contributed by atoms with Crippen LogP contribution in [0, 0.1) is 11.8 Å². The molecule has 2 saturated carbocycles. The van der Waals surface area contributed by atoms with Gasteiger partial charge < -0.3 is 4.90 Å². The zero-order valence-corrected chi connectivity index (χ0v) is 19.9. The van der Waals surface area contributed by atoms with Crippen LogP contribution in [0.15, 0.2) is 58.9 Å². The monoisotopic (exact) mass is 469 g/mol. The Morgan fingerprint density at radius 3 is 2.53 bits per heavy atom. The van der Waals surface area contributed by atoms with E-state index in [2.05, 4.69) is 53.9 Å². The molecule has 1 spiro atoms. The Bertz CT molecular complexity index is 1330. The first-order chi connectivity index (χ1) is 16.6. The number of carbonyl (C=O) groups excluding carboxylic acids is 2. The normalized spacial score (nSPS) is 23.2. The Morgan fingerprint density at radius 1 is 1.00 bits per heavy atom. The molecule has 34 heavy (non-hydrogen) atoms. The molecule has 3 fully saturated rings. The fraction of sp³-hybridized carbons (Fsp3) is 0.393. The molecule has 2 aliphatic carbocycles. The SMILES string of the molecule is O=C(C1CC1)N1CCC(CN2C(=O)C3(CC3)N=C2c2ccc(-c3ccc4sccc4c3)cc2)C1. The third kappa shape index (κ3) is 3.38. The number of rotatable bonds is 5. The Labute approximate surface area is 203 Å². The summed E-state index contributed by atoms with van der Waals surface area (Å²) in [5.74, 6) is 1.87. The van der Waals surface area contributed by atoms with Crippen molar-refractivity contribution in [3.8, 4) is 11.1 Å². The van der Waals surface area contributed by atoms with Crippen molar-refractivity contribution in [1.82, 2.24) is 9.80 Å². The minimum absolute atomic E-state index is 0.154. The number of benzene rings is 2. The van der Waals surface area contributed by atoms with Crippen molar-refractivity contribution >= 4 is 39.1 Å². The van der Waals surface area contributed by atoms with E-state index in [1.54, 1.807) is 11.3 Å². The van der Waals surface area contributed by atoms with E-state index in [0.717, 1.165) is 56.6 Å². The van der Waals surface area contributed by atoms with Crippen LogP contribution in [-0.2, 0) is 9.59 Å². The number of hydrogen-bond acceptors (Lipinski definition) is 4. The number of fused-ring (bicyclic) bond motifs is 1. The van der Waals surface area contributed by atoms with Crippen molar-refractivity contribution in [3.63, 3.8) is 0 Å². The number of thiophene rings is 1. The minimum atomic E-state index is -0.514. The van der Waals surface area contributed by atoms with Gasteiger partial charge in [0.05, 0.1) is 0 Å². The van der Waals surface area contributed by atoms with Gasteiger partial charge in [0.15, 0.2) is 0 Å². The molecule has 1 aromatic heterocycles. The van der Waals surface area contributed by atoms with Crippen LogP contribution < -0.4 is 0 Å².